The normalized spacial score (nSPS) is 14.8. The molecule has 2 amide bonds. The van der Waals surface area contributed by atoms with E-state index in [2.05, 4.69) is 5.10 Å². The monoisotopic (exact) mass is 453 g/mol. The molecule has 0 bridgehead atoms. The van der Waals surface area contributed by atoms with Crippen LogP contribution in [0.1, 0.15) is 31.8 Å². The summed E-state index contributed by atoms with van der Waals surface area (Å²) in [7, 11) is 1.88. The second kappa shape index (κ2) is 7.78. The van der Waals surface area contributed by atoms with Gasteiger partial charge in [-0.1, -0.05) is 18.2 Å². The van der Waals surface area contributed by atoms with Crippen LogP contribution in [-0.2, 0) is 18.2 Å². The second-order valence-electron chi connectivity index (χ2n) is 8.78. The molecule has 8 nitrogen and oxygen atoms in total. The van der Waals surface area contributed by atoms with Gasteiger partial charge in [-0.2, -0.15) is 5.10 Å². The molecule has 1 saturated heterocycles. The Labute approximate surface area is 195 Å². The van der Waals surface area contributed by atoms with Gasteiger partial charge in [-0.25, -0.2) is 4.98 Å². The van der Waals surface area contributed by atoms with Crippen LogP contribution in [0.3, 0.4) is 0 Å². The Kier molecular flexibility index (Phi) is 4.70. The van der Waals surface area contributed by atoms with Crippen molar-refractivity contribution in [1.82, 2.24) is 19.7 Å². The molecular weight excluding hydrogens is 430 g/mol. The fourth-order valence-corrected chi connectivity index (χ4v) is 4.88. The number of benzene rings is 2. The number of primary amides is 1. The van der Waals surface area contributed by atoms with E-state index in [9.17, 15) is 9.59 Å². The van der Waals surface area contributed by atoms with E-state index >= 15 is 0 Å². The van der Waals surface area contributed by atoms with Crippen LogP contribution in [0.15, 0.2) is 48.7 Å². The summed E-state index contributed by atoms with van der Waals surface area (Å²) >= 11 is 0. The van der Waals surface area contributed by atoms with Gasteiger partial charge in [0, 0.05) is 60.4 Å². The van der Waals surface area contributed by atoms with Crippen molar-refractivity contribution in [1.29, 1.82) is 0 Å². The highest BCUT2D eigenvalue weighted by Gasteiger charge is 2.28. The summed E-state index contributed by atoms with van der Waals surface area (Å²) in [5.74, 6) is -0.495. The maximum absolute atomic E-state index is 13.0. The van der Waals surface area contributed by atoms with Crippen molar-refractivity contribution in [2.75, 3.05) is 26.3 Å². The van der Waals surface area contributed by atoms with Crippen molar-refractivity contribution in [3.8, 4) is 22.5 Å². The van der Waals surface area contributed by atoms with E-state index in [-0.39, 0.29) is 5.91 Å². The van der Waals surface area contributed by atoms with Gasteiger partial charge >= 0.3 is 0 Å². The minimum atomic E-state index is -0.490. The van der Waals surface area contributed by atoms with Gasteiger partial charge < -0.3 is 15.4 Å². The Hall–Kier alpha value is -4.04. The van der Waals surface area contributed by atoms with Crippen molar-refractivity contribution >= 4 is 22.7 Å². The predicted octanol–water partition coefficient (Wildman–Crippen LogP) is 2.78. The number of hydrogen-bond donors (Lipinski definition) is 1. The molecule has 170 valence electrons. The fourth-order valence-electron chi connectivity index (χ4n) is 4.88. The summed E-state index contributed by atoms with van der Waals surface area (Å²) in [6.07, 6.45) is 2.47. The maximum atomic E-state index is 13.0. The lowest BCUT2D eigenvalue weighted by atomic mass is 10.0. The number of morpholine rings is 1. The molecule has 0 radical (unpaired) electrons. The average molecular weight is 454 g/mol. The zero-order chi connectivity index (χ0) is 23.4. The third kappa shape index (κ3) is 3.34. The number of aromatic nitrogens is 3. The minimum Gasteiger partial charge on any atom is -0.378 e. The first kappa shape index (κ1) is 20.6. The first-order chi connectivity index (χ1) is 16.5. The Morgan fingerprint density at radius 2 is 1.88 bits per heavy atom. The minimum absolute atomic E-state index is 0.00510. The average Bonchev–Trinajstić information content (AvgIpc) is 3.41. The van der Waals surface area contributed by atoms with Gasteiger partial charge in [-0.3, -0.25) is 14.3 Å². The van der Waals surface area contributed by atoms with Gasteiger partial charge in [-0.15, -0.1) is 0 Å². The molecule has 2 N–H and O–H groups in total. The van der Waals surface area contributed by atoms with E-state index in [1.165, 1.54) is 0 Å². The number of carbonyl (C=O) groups excluding carboxylic acids is 2. The molecule has 1 aliphatic carbocycles. The topological polar surface area (TPSA) is 103 Å². The molecule has 34 heavy (non-hydrogen) atoms. The van der Waals surface area contributed by atoms with Crippen molar-refractivity contribution in [3.63, 3.8) is 0 Å². The van der Waals surface area contributed by atoms with E-state index < -0.39 is 5.91 Å². The van der Waals surface area contributed by atoms with Gasteiger partial charge in [0.2, 0.25) is 5.91 Å². The number of aryl methyl sites for hydroxylation is 1. The van der Waals surface area contributed by atoms with Crippen LogP contribution < -0.4 is 5.73 Å². The summed E-state index contributed by atoms with van der Waals surface area (Å²) in [5, 5.41) is 5.52. The van der Waals surface area contributed by atoms with Crippen LogP contribution in [0.4, 0.5) is 0 Å². The molecule has 0 unspecified atom stereocenters. The Balaban J connectivity index is 1.42. The van der Waals surface area contributed by atoms with Crippen molar-refractivity contribution in [2.24, 2.45) is 12.8 Å². The molecule has 1 fully saturated rings. The fraction of sp³-hybridized carbons (Fsp3) is 0.231. The number of hydrogen-bond acceptors (Lipinski definition) is 5. The summed E-state index contributed by atoms with van der Waals surface area (Å²) < 4.78 is 7.13. The van der Waals surface area contributed by atoms with E-state index in [0.29, 0.717) is 49.5 Å². The molecule has 2 aromatic heterocycles. The Morgan fingerprint density at radius 3 is 2.68 bits per heavy atom. The second-order valence-corrected chi connectivity index (χ2v) is 8.78. The first-order valence-electron chi connectivity index (χ1n) is 11.3. The number of pyridine rings is 1. The quantitative estimate of drug-likeness (QED) is 0.452. The molecule has 2 aromatic carbocycles. The summed E-state index contributed by atoms with van der Waals surface area (Å²) in [4.78, 5) is 32.1. The standard InChI is InChI=1S/C26H23N5O3/c1-30-14-17-3-2-15(12-23(17)29-30)22-13-21(25(27)32)20-11-18-10-16(4-5-19(18)24(20)28-22)26(33)31-6-8-34-9-7-31/h2-5,10,12-14H,6-9,11H2,1H3,(H2,27,32). The van der Waals surface area contributed by atoms with Crippen molar-refractivity contribution in [3.05, 3.63) is 70.9 Å². The molecular formula is C26H23N5O3. The third-order valence-electron chi connectivity index (χ3n) is 6.58. The SMILES string of the molecule is Cn1cc2ccc(-c3cc(C(N)=O)c4c(n3)-c3ccc(C(=O)N5CCOCC5)cc3C4)cc2n1. The molecule has 0 saturated carbocycles. The van der Waals surface area contributed by atoms with Crippen LogP contribution in [0, 0.1) is 0 Å². The lowest BCUT2D eigenvalue weighted by Crippen LogP contribution is -2.40. The zero-order valence-corrected chi connectivity index (χ0v) is 18.7. The van der Waals surface area contributed by atoms with Crippen LogP contribution in [0.2, 0.25) is 0 Å². The van der Waals surface area contributed by atoms with Gasteiger partial charge in [0.25, 0.3) is 5.91 Å². The van der Waals surface area contributed by atoms with Crippen LogP contribution in [-0.4, -0.2) is 57.8 Å². The molecule has 0 spiro atoms. The number of nitrogens with zero attached hydrogens (tertiary/aromatic N) is 4. The summed E-state index contributed by atoms with van der Waals surface area (Å²) in [5.41, 5.74) is 12.7. The highest BCUT2D eigenvalue weighted by atomic mass is 16.5. The van der Waals surface area contributed by atoms with E-state index in [1.54, 1.807) is 10.7 Å². The number of nitrogens with two attached hydrogens (primary N) is 1. The van der Waals surface area contributed by atoms with Gasteiger partial charge in [-0.05, 0) is 35.4 Å². The number of fused-ring (bicyclic) bond motifs is 4. The molecule has 4 aromatic rings. The lowest BCUT2D eigenvalue weighted by Gasteiger charge is -2.27. The molecule has 1 aliphatic heterocycles. The zero-order valence-electron chi connectivity index (χ0n) is 18.7. The van der Waals surface area contributed by atoms with E-state index in [1.807, 2.05) is 54.5 Å². The van der Waals surface area contributed by atoms with Crippen LogP contribution in [0.5, 0.6) is 0 Å². The predicted molar refractivity (Wildman–Crippen MR) is 127 cm³/mol. The molecule has 8 heteroatoms. The smallest absolute Gasteiger partial charge is 0.254 e. The number of carbonyl (C=O) groups is 2. The third-order valence-corrected chi connectivity index (χ3v) is 6.58. The Bertz CT molecular complexity index is 1480. The van der Waals surface area contributed by atoms with E-state index in [0.717, 1.165) is 38.9 Å². The number of rotatable bonds is 3. The Morgan fingerprint density at radius 1 is 1.06 bits per heavy atom. The van der Waals surface area contributed by atoms with Crippen molar-refractivity contribution in [2.45, 2.75) is 6.42 Å². The molecule has 2 aliphatic rings. The van der Waals surface area contributed by atoms with Gasteiger partial charge in [0.1, 0.15) is 0 Å². The largest absolute Gasteiger partial charge is 0.378 e. The summed E-state index contributed by atoms with van der Waals surface area (Å²) in [6, 6.07) is 13.4. The van der Waals surface area contributed by atoms with Gasteiger partial charge in [0.15, 0.2) is 0 Å². The number of amides is 2. The number of ether oxygens (including phenoxy) is 1. The lowest BCUT2D eigenvalue weighted by molar-refractivity contribution is 0.0303. The molecule has 6 rings (SSSR count). The highest BCUT2D eigenvalue weighted by Crippen LogP contribution is 2.39. The first-order valence-corrected chi connectivity index (χ1v) is 11.3. The van der Waals surface area contributed by atoms with Gasteiger partial charge in [0.05, 0.1) is 30.1 Å². The highest BCUT2D eigenvalue weighted by molar-refractivity contribution is 6.00. The van der Waals surface area contributed by atoms with E-state index in [4.69, 9.17) is 15.5 Å². The molecule has 3 heterocycles. The van der Waals surface area contributed by atoms with Crippen LogP contribution >= 0.6 is 0 Å². The van der Waals surface area contributed by atoms with Crippen molar-refractivity contribution < 1.29 is 14.3 Å². The molecule has 0 atom stereocenters. The summed E-state index contributed by atoms with van der Waals surface area (Å²) in [6.45, 7) is 2.29. The maximum Gasteiger partial charge on any atom is 0.254 e. The van der Waals surface area contributed by atoms with Crippen LogP contribution in [0.25, 0.3) is 33.4 Å².